The van der Waals surface area contributed by atoms with Crippen molar-refractivity contribution in [3.05, 3.63) is 40.7 Å². The summed E-state index contributed by atoms with van der Waals surface area (Å²) >= 11 is 6.48. The molecule has 2 atom stereocenters. The standard InChI is InChI=1S/C22H29ClN2O3/c1-15-4-2-8-22(27,13-15)14-24-21(26)17-12-19(16-6-10-28-11-7-16)25-9-3-5-18(23)20(17)25/h3,5,9,12,15-16,27H,2,4,6-8,10-11,13-14H2,1H3,(H,24,26)/t15-,22+/m1/s1. The number of hydrogen-bond donors (Lipinski definition) is 2. The van der Waals surface area contributed by atoms with Crippen molar-refractivity contribution in [1.29, 1.82) is 0 Å². The summed E-state index contributed by atoms with van der Waals surface area (Å²) in [6.45, 7) is 3.92. The molecule has 2 aromatic heterocycles. The van der Waals surface area contributed by atoms with Gasteiger partial charge in [0.05, 0.1) is 21.7 Å². The number of hydrogen-bond acceptors (Lipinski definition) is 3. The number of halogens is 1. The van der Waals surface area contributed by atoms with Gasteiger partial charge in [0.25, 0.3) is 5.91 Å². The van der Waals surface area contributed by atoms with Crippen molar-refractivity contribution in [3.8, 4) is 0 Å². The first-order chi connectivity index (χ1) is 13.5. The molecular formula is C22H29ClN2O3. The van der Waals surface area contributed by atoms with Crippen LogP contribution in [0.5, 0.6) is 0 Å². The fraction of sp³-hybridized carbons (Fsp3) is 0.591. The van der Waals surface area contributed by atoms with Gasteiger partial charge >= 0.3 is 0 Å². The molecule has 5 nitrogen and oxygen atoms in total. The summed E-state index contributed by atoms with van der Waals surface area (Å²) in [7, 11) is 0. The Labute approximate surface area is 171 Å². The van der Waals surface area contributed by atoms with Gasteiger partial charge in [0.1, 0.15) is 0 Å². The van der Waals surface area contributed by atoms with E-state index in [1.54, 1.807) is 0 Å². The highest BCUT2D eigenvalue weighted by Crippen LogP contribution is 2.34. The number of fused-ring (bicyclic) bond motifs is 1. The number of ether oxygens (including phenoxy) is 1. The second-order valence-corrected chi connectivity index (χ2v) is 8.96. The Balaban J connectivity index is 1.59. The fourth-order valence-electron chi connectivity index (χ4n) is 4.86. The highest BCUT2D eigenvalue weighted by Gasteiger charge is 2.33. The van der Waals surface area contributed by atoms with E-state index in [1.165, 1.54) is 0 Å². The number of pyridine rings is 1. The molecule has 1 aliphatic heterocycles. The molecule has 1 amide bonds. The van der Waals surface area contributed by atoms with Gasteiger partial charge in [-0.3, -0.25) is 4.79 Å². The Kier molecular flexibility index (Phi) is 5.68. The molecule has 2 aliphatic rings. The van der Waals surface area contributed by atoms with E-state index < -0.39 is 5.60 Å². The molecule has 6 heteroatoms. The molecule has 2 N–H and O–H groups in total. The summed E-state index contributed by atoms with van der Waals surface area (Å²) in [6.07, 6.45) is 7.47. The molecule has 4 rings (SSSR count). The van der Waals surface area contributed by atoms with Crippen molar-refractivity contribution >= 4 is 23.0 Å². The van der Waals surface area contributed by atoms with Gasteiger partial charge in [-0.05, 0) is 49.8 Å². The van der Waals surface area contributed by atoms with Crippen molar-refractivity contribution in [2.45, 2.75) is 57.0 Å². The third kappa shape index (κ3) is 3.93. The van der Waals surface area contributed by atoms with Crippen LogP contribution in [-0.4, -0.2) is 40.8 Å². The molecule has 0 radical (unpaired) electrons. The summed E-state index contributed by atoms with van der Waals surface area (Å²) in [4.78, 5) is 13.1. The van der Waals surface area contributed by atoms with E-state index in [4.69, 9.17) is 16.3 Å². The predicted molar refractivity (Wildman–Crippen MR) is 110 cm³/mol. The number of carbonyl (C=O) groups is 1. The zero-order chi connectivity index (χ0) is 19.7. The van der Waals surface area contributed by atoms with E-state index in [0.717, 1.165) is 62.9 Å². The number of amides is 1. The summed E-state index contributed by atoms with van der Waals surface area (Å²) < 4.78 is 7.54. The van der Waals surface area contributed by atoms with Crippen LogP contribution in [0.2, 0.25) is 5.02 Å². The first-order valence-electron chi connectivity index (χ1n) is 10.3. The highest BCUT2D eigenvalue weighted by molar-refractivity contribution is 6.34. The first kappa shape index (κ1) is 19.7. The van der Waals surface area contributed by atoms with Crippen LogP contribution in [0.1, 0.15) is 67.4 Å². The number of nitrogens with one attached hydrogen (secondary N) is 1. The van der Waals surface area contributed by atoms with Crippen LogP contribution in [0, 0.1) is 5.92 Å². The van der Waals surface area contributed by atoms with Crippen LogP contribution >= 0.6 is 11.6 Å². The zero-order valence-corrected chi connectivity index (χ0v) is 17.2. The van der Waals surface area contributed by atoms with Crippen molar-refractivity contribution < 1.29 is 14.6 Å². The molecule has 1 aliphatic carbocycles. The quantitative estimate of drug-likeness (QED) is 0.804. The van der Waals surface area contributed by atoms with Gasteiger partial charge in [0.15, 0.2) is 0 Å². The van der Waals surface area contributed by atoms with Crippen LogP contribution in [-0.2, 0) is 4.74 Å². The lowest BCUT2D eigenvalue weighted by Gasteiger charge is -2.35. The van der Waals surface area contributed by atoms with Crippen LogP contribution in [0.3, 0.4) is 0 Å². The molecule has 0 bridgehead atoms. The van der Waals surface area contributed by atoms with E-state index in [-0.39, 0.29) is 12.5 Å². The van der Waals surface area contributed by atoms with Gasteiger partial charge in [0, 0.05) is 37.6 Å². The normalized spacial score (nSPS) is 26.5. The van der Waals surface area contributed by atoms with Gasteiger partial charge in [-0.1, -0.05) is 31.4 Å². The van der Waals surface area contributed by atoms with Gasteiger partial charge < -0.3 is 19.6 Å². The smallest absolute Gasteiger partial charge is 0.253 e. The third-order valence-corrected chi connectivity index (χ3v) is 6.61. The Morgan fingerprint density at radius 1 is 1.39 bits per heavy atom. The molecule has 2 aromatic rings. The second-order valence-electron chi connectivity index (χ2n) is 8.55. The van der Waals surface area contributed by atoms with E-state index >= 15 is 0 Å². The topological polar surface area (TPSA) is 63.0 Å². The number of carbonyl (C=O) groups excluding carboxylic acids is 1. The van der Waals surface area contributed by atoms with Crippen molar-refractivity contribution in [2.75, 3.05) is 19.8 Å². The Morgan fingerprint density at radius 3 is 2.93 bits per heavy atom. The highest BCUT2D eigenvalue weighted by atomic mass is 35.5. The summed E-state index contributed by atoms with van der Waals surface area (Å²) in [5.41, 5.74) is 1.62. The maximum absolute atomic E-state index is 13.1. The van der Waals surface area contributed by atoms with Gasteiger partial charge in [-0.25, -0.2) is 0 Å². The SMILES string of the molecule is C[C@@H]1CCC[C@@](O)(CNC(=O)c2cc(C3CCOCC3)n3cccc(Cl)c23)C1. The molecular weight excluding hydrogens is 376 g/mol. The van der Waals surface area contributed by atoms with Crippen LogP contribution in [0.4, 0.5) is 0 Å². The molecule has 152 valence electrons. The van der Waals surface area contributed by atoms with Crippen molar-refractivity contribution in [1.82, 2.24) is 9.72 Å². The third-order valence-electron chi connectivity index (χ3n) is 6.30. The van der Waals surface area contributed by atoms with Gasteiger partial charge in [0.2, 0.25) is 0 Å². The lowest BCUT2D eigenvalue weighted by atomic mass is 9.79. The minimum Gasteiger partial charge on any atom is -0.388 e. The Hall–Kier alpha value is -1.56. The Bertz CT molecular complexity index is 859. The number of aliphatic hydroxyl groups is 1. The largest absolute Gasteiger partial charge is 0.388 e. The maximum atomic E-state index is 13.1. The summed E-state index contributed by atoms with van der Waals surface area (Å²) in [5, 5.41) is 14.4. The minimum absolute atomic E-state index is 0.171. The minimum atomic E-state index is -0.809. The predicted octanol–water partition coefficient (Wildman–Crippen LogP) is 4.16. The second kappa shape index (κ2) is 8.05. The molecule has 0 aromatic carbocycles. The van der Waals surface area contributed by atoms with E-state index in [0.29, 0.717) is 22.4 Å². The lowest BCUT2D eigenvalue weighted by molar-refractivity contribution is -0.0109. The molecule has 3 heterocycles. The number of aromatic nitrogens is 1. The molecule has 1 saturated carbocycles. The van der Waals surface area contributed by atoms with Crippen LogP contribution in [0.15, 0.2) is 24.4 Å². The number of rotatable bonds is 4. The van der Waals surface area contributed by atoms with Crippen molar-refractivity contribution in [3.63, 3.8) is 0 Å². The van der Waals surface area contributed by atoms with E-state index in [1.807, 2.05) is 28.8 Å². The first-order valence-corrected chi connectivity index (χ1v) is 10.7. The monoisotopic (exact) mass is 404 g/mol. The van der Waals surface area contributed by atoms with Crippen LogP contribution in [0.25, 0.3) is 5.52 Å². The molecule has 1 saturated heterocycles. The fourth-order valence-corrected chi connectivity index (χ4v) is 5.12. The average molecular weight is 405 g/mol. The average Bonchev–Trinajstić information content (AvgIpc) is 3.08. The van der Waals surface area contributed by atoms with Gasteiger partial charge in [-0.15, -0.1) is 0 Å². The van der Waals surface area contributed by atoms with Gasteiger partial charge in [-0.2, -0.15) is 0 Å². The molecule has 2 fully saturated rings. The molecule has 28 heavy (non-hydrogen) atoms. The zero-order valence-electron chi connectivity index (χ0n) is 16.4. The van der Waals surface area contributed by atoms with Crippen molar-refractivity contribution in [2.24, 2.45) is 5.92 Å². The number of nitrogens with zero attached hydrogens (tertiary/aromatic N) is 1. The van der Waals surface area contributed by atoms with E-state index in [2.05, 4.69) is 12.2 Å². The molecule has 0 spiro atoms. The summed E-state index contributed by atoms with van der Waals surface area (Å²) in [5.74, 6) is 0.667. The lowest BCUT2D eigenvalue weighted by Crippen LogP contribution is -2.45. The maximum Gasteiger partial charge on any atom is 0.253 e. The van der Waals surface area contributed by atoms with E-state index in [9.17, 15) is 9.90 Å². The van der Waals surface area contributed by atoms with Crippen LogP contribution < -0.4 is 5.32 Å². The Morgan fingerprint density at radius 2 is 2.18 bits per heavy atom. The summed E-state index contributed by atoms with van der Waals surface area (Å²) in [6, 6.07) is 5.70. The molecule has 0 unspecified atom stereocenters.